The van der Waals surface area contributed by atoms with Crippen LogP contribution in [0.15, 0.2) is 12.7 Å². The third-order valence-electron chi connectivity index (χ3n) is 2.38. The zero-order chi connectivity index (χ0) is 12.6. The number of esters is 1. The van der Waals surface area contributed by atoms with Gasteiger partial charge in [0.15, 0.2) is 0 Å². The van der Waals surface area contributed by atoms with Crippen LogP contribution in [0.3, 0.4) is 0 Å². The molecule has 0 spiro atoms. The predicted molar refractivity (Wildman–Crippen MR) is 73.7 cm³/mol. The monoisotopic (exact) mass is 247 g/mol. The van der Waals surface area contributed by atoms with E-state index in [1.54, 1.807) is 0 Å². The molecule has 0 saturated carbocycles. The summed E-state index contributed by atoms with van der Waals surface area (Å²) in [5.74, 6) is -0.0865. The molecule has 0 amide bonds. The van der Waals surface area contributed by atoms with E-state index in [1.807, 2.05) is 13.0 Å². The van der Waals surface area contributed by atoms with Gasteiger partial charge in [-0.25, -0.2) is 0 Å². The van der Waals surface area contributed by atoms with Gasteiger partial charge in [0.05, 0.1) is 0 Å². The van der Waals surface area contributed by atoms with Gasteiger partial charge in [-0.15, -0.1) is 0 Å². The summed E-state index contributed by atoms with van der Waals surface area (Å²) < 4.78 is 7.54. The van der Waals surface area contributed by atoms with Gasteiger partial charge < -0.3 is 0 Å². The van der Waals surface area contributed by atoms with Gasteiger partial charge in [-0.2, -0.15) is 0 Å². The van der Waals surface area contributed by atoms with Crippen LogP contribution in [0.4, 0.5) is 0 Å². The van der Waals surface area contributed by atoms with E-state index in [4.69, 9.17) is 4.74 Å². The normalized spacial score (nSPS) is 12.6. The Morgan fingerprint density at radius 2 is 2.06 bits per heavy atom. The summed E-state index contributed by atoms with van der Waals surface area (Å²) in [4.78, 5) is 11.2. The second kappa shape index (κ2) is 7.81. The molecule has 96 valence electrons. The van der Waals surface area contributed by atoms with E-state index in [0.717, 1.165) is 19.5 Å². The molecule has 0 atom stereocenters. The molecule has 0 aromatic heterocycles. The Bertz CT molecular complexity index is 224. The summed E-state index contributed by atoms with van der Waals surface area (Å²) in [6.07, 6.45) is 3.28. The van der Waals surface area contributed by atoms with Crippen LogP contribution in [0.1, 0.15) is 19.8 Å². The van der Waals surface area contributed by atoms with Gasteiger partial charge in [0.2, 0.25) is 0 Å². The maximum absolute atomic E-state index is 11.2. The van der Waals surface area contributed by atoms with E-state index in [0.29, 0.717) is 13.0 Å². The van der Waals surface area contributed by atoms with E-state index in [2.05, 4.69) is 31.2 Å². The van der Waals surface area contributed by atoms with Crippen molar-refractivity contribution in [3.05, 3.63) is 12.7 Å². The predicted octanol–water partition coefficient (Wildman–Crippen LogP) is 2.37. The molecule has 0 aromatic carbocycles. The minimum absolute atomic E-state index is 0.0865. The third kappa shape index (κ3) is 6.97. The first kappa shape index (κ1) is 15.6. The molecule has 0 fully saturated rings. The molecule has 3 nitrogen and oxygen atoms in total. The van der Waals surface area contributed by atoms with Crippen molar-refractivity contribution in [3.63, 3.8) is 0 Å². The summed E-state index contributed by atoms with van der Waals surface area (Å²) in [5.41, 5.74) is 0. The van der Waals surface area contributed by atoms with E-state index in [9.17, 15) is 4.79 Å². The summed E-state index contributed by atoms with van der Waals surface area (Å²) in [5, 5.41) is 0. The Labute approximate surface area is 100 Å². The number of ether oxygens (including phenoxy) is 1. The van der Waals surface area contributed by atoms with Gasteiger partial charge >= 0.3 is 99.7 Å². The summed E-state index contributed by atoms with van der Waals surface area (Å²) >= 11 is 0. The van der Waals surface area contributed by atoms with Crippen molar-refractivity contribution in [2.75, 3.05) is 39.7 Å². The van der Waals surface area contributed by atoms with E-state index in [-0.39, 0.29) is 5.97 Å². The van der Waals surface area contributed by atoms with Crippen LogP contribution in [0.5, 0.6) is 0 Å². The number of nitrogens with zero attached hydrogens (tertiary/aromatic N) is 1. The molecule has 0 heterocycles. The molecule has 4 heteroatoms. The van der Waals surface area contributed by atoms with Gasteiger partial charge in [-0.05, 0) is 0 Å². The molecule has 0 radical (unpaired) electrons. The van der Waals surface area contributed by atoms with E-state index < -0.39 is 7.41 Å². The van der Waals surface area contributed by atoms with Crippen LogP contribution in [0.25, 0.3) is 0 Å². The Morgan fingerprint density at radius 3 is 2.50 bits per heavy atom. The molecular formula is C12H26NO2P. The first-order valence-corrected chi connectivity index (χ1v) is 9.38. The zero-order valence-electron chi connectivity index (χ0n) is 11.1. The number of carbonyl (C=O) groups excluding carboxylic acids is 1. The fourth-order valence-electron chi connectivity index (χ4n) is 1.40. The van der Waals surface area contributed by atoms with E-state index in [1.165, 1.54) is 0 Å². The van der Waals surface area contributed by atoms with Crippen LogP contribution in [0, 0.1) is 0 Å². The maximum atomic E-state index is 11.2. The summed E-state index contributed by atoms with van der Waals surface area (Å²) in [6.45, 7) is 14.8. The standard InChI is InChI=1S/C12H26NO2P/c1-6-8-12(14)15-11-10-13(9-7-2)16(3,4)5/h7,16H,2,6,8-11H2,1,3-5H3. The van der Waals surface area contributed by atoms with Crippen molar-refractivity contribution >= 4 is 13.4 Å². The zero-order valence-corrected chi connectivity index (χ0v) is 12.1. The van der Waals surface area contributed by atoms with Crippen molar-refractivity contribution in [1.82, 2.24) is 4.67 Å². The van der Waals surface area contributed by atoms with Crippen molar-refractivity contribution < 1.29 is 9.53 Å². The third-order valence-corrected chi connectivity index (χ3v) is 4.68. The Balaban J connectivity index is 3.94. The van der Waals surface area contributed by atoms with Crippen LogP contribution in [0.2, 0.25) is 0 Å². The Kier molecular flexibility index (Phi) is 7.61. The molecule has 0 N–H and O–H groups in total. The molecule has 0 aliphatic carbocycles. The fraction of sp³-hybridized carbons (Fsp3) is 0.750. The van der Waals surface area contributed by atoms with Crippen molar-refractivity contribution in [1.29, 1.82) is 0 Å². The van der Waals surface area contributed by atoms with Gasteiger partial charge in [0.1, 0.15) is 0 Å². The summed E-state index contributed by atoms with van der Waals surface area (Å²) in [6, 6.07) is 0. The average molecular weight is 247 g/mol. The van der Waals surface area contributed by atoms with Crippen LogP contribution >= 0.6 is 7.41 Å². The van der Waals surface area contributed by atoms with Gasteiger partial charge in [0.25, 0.3) is 0 Å². The van der Waals surface area contributed by atoms with E-state index >= 15 is 0 Å². The second-order valence-corrected chi connectivity index (χ2v) is 9.85. The molecular weight excluding hydrogens is 221 g/mol. The SMILES string of the molecule is C=CCN(CCOC(=O)CCC)[PH](C)(C)C. The molecule has 0 rings (SSSR count). The molecule has 16 heavy (non-hydrogen) atoms. The van der Waals surface area contributed by atoms with Gasteiger partial charge in [0, 0.05) is 0 Å². The first-order chi connectivity index (χ1) is 7.41. The van der Waals surface area contributed by atoms with Crippen LogP contribution in [-0.4, -0.2) is 50.3 Å². The molecule has 0 unspecified atom stereocenters. The quantitative estimate of drug-likeness (QED) is 0.375. The number of rotatable bonds is 8. The van der Waals surface area contributed by atoms with Gasteiger partial charge in [-0.1, -0.05) is 0 Å². The van der Waals surface area contributed by atoms with Crippen LogP contribution in [-0.2, 0) is 9.53 Å². The van der Waals surface area contributed by atoms with Gasteiger partial charge in [-0.3, -0.25) is 0 Å². The Hall–Kier alpha value is -0.400. The molecule has 0 aliphatic heterocycles. The topological polar surface area (TPSA) is 29.5 Å². The Morgan fingerprint density at radius 1 is 1.44 bits per heavy atom. The molecule has 0 aromatic rings. The number of hydrogen-bond acceptors (Lipinski definition) is 3. The van der Waals surface area contributed by atoms with Crippen molar-refractivity contribution in [2.45, 2.75) is 19.8 Å². The first-order valence-electron chi connectivity index (χ1n) is 5.93. The second-order valence-electron chi connectivity index (χ2n) is 4.88. The molecule has 0 saturated heterocycles. The van der Waals surface area contributed by atoms with Crippen molar-refractivity contribution in [3.8, 4) is 0 Å². The molecule has 0 bridgehead atoms. The molecule has 0 aliphatic rings. The van der Waals surface area contributed by atoms with Crippen LogP contribution < -0.4 is 0 Å². The fourth-order valence-corrected chi connectivity index (χ4v) is 2.84. The number of hydrogen-bond donors (Lipinski definition) is 0. The summed E-state index contributed by atoms with van der Waals surface area (Å²) in [7, 11) is -1.33. The average Bonchev–Trinajstić information content (AvgIpc) is 2.15. The number of carbonyl (C=O) groups is 1. The minimum atomic E-state index is -1.33. The van der Waals surface area contributed by atoms with Crippen molar-refractivity contribution in [2.24, 2.45) is 0 Å².